The Kier molecular flexibility index (Phi) is 10.6. The van der Waals surface area contributed by atoms with Crippen molar-refractivity contribution >= 4 is 23.6 Å². The maximum Gasteiger partial charge on any atom is 0.259 e. The third-order valence-electron chi connectivity index (χ3n) is 6.59. The van der Waals surface area contributed by atoms with Gasteiger partial charge in [-0.15, -0.1) is 0 Å². The van der Waals surface area contributed by atoms with Crippen molar-refractivity contribution in [2.75, 3.05) is 45.9 Å². The SMILES string of the molecule is CCOC(=N)c1ccc(Oc2ccc(C(=O)N3CCN(C(=O)CCN)CC3)c(Oc3ccc(C(=N)OCC)cc3)n2)cc1. The number of carbonyl (C=O) groups is 2. The highest BCUT2D eigenvalue weighted by molar-refractivity contribution is 5.97. The van der Waals surface area contributed by atoms with Crippen molar-refractivity contribution in [1.82, 2.24) is 14.8 Å². The number of nitrogens with one attached hydrogen (secondary N) is 2. The van der Waals surface area contributed by atoms with E-state index in [0.29, 0.717) is 62.0 Å². The molecule has 226 valence electrons. The van der Waals surface area contributed by atoms with Crippen molar-refractivity contribution in [2.45, 2.75) is 20.3 Å². The van der Waals surface area contributed by atoms with E-state index in [-0.39, 0.29) is 53.9 Å². The molecule has 43 heavy (non-hydrogen) atoms. The molecular formula is C31H36N6O6. The Hall–Kier alpha value is -4.97. The van der Waals surface area contributed by atoms with Crippen molar-refractivity contribution in [1.29, 1.82) is 10.8 Å². The van der Waals surface area contributed by atoms with Gasteiger partial charge in [-0.3, -0.25) is 20.4 Å². The molecule has 4 N–H and O–H groups in total. The molecule has 0 unspecified atom stereocenters. The molecule has 4 rings (SSSR count). The molecule has 0 atom stereocenters. The van der Waals surface area contributed by atoms with Crippen LogP contribution < -0.4 is 15.2 Å². The third kappa shape index (κ3) is 8.07. The Labute approximate surface area is 250 Å². The molecule has 1 aliphatic heterocycles. The minimum atomic E-state index is -0.284. The van der Waals surface area contributed by atoms with Gasteiger partial charge in [0, 0.05) is 56.3 Å². The van der Waals surface area contributed by atoms with E-state index >= 15 is 0 Å². The van der Waals surface area contributed by atoms with Crippen LogP contribution in [0.2, 0.25) is 0 Å². The van der Waals surface area contributed by atoms with Gasteiger partial charge in [0.05, 0.1) is 13.2 Å². The monoisotopic (exact) mass is 588 g/mol. The van der Waals surface area contributed by atoms with Crippen molar-refractivity contribution in [3.8, 4) is 23.3 Å². The quantitative estimate of drug-likeness (QED) is 0.223. The van der Waals surface area contributed by atoms with E-state index in [1.807, 2.05) is 13.8 Å². The van der Waals surface area contributed by atoms with Gasteiger partial charge in [-0.05, 0) is 68.4 Å². The summed E-state index contributed by atoms with van der Waals surface area (Å²) in [5.74, 6) is 0.935. The second-order valence-corrected chi connectivity index (χ2v) is 9.49. The maximum absolute atomic E-state index is 13.6. The van der Waals surface area contributed by atoms with Crippen LogP contribution in [-0.2, 0) is 14.3 Å². The number of aromatic nitrogens is 1. The fourth-order valence-corrected chi connectivity index (χ4v) is 4.37. The van der Waals surface area contributed by atoms with E-state index in [1.54, 1.807) is 70.5 Å². The first kappa shape index (κ1) is 31.0. The van der Waals surface area contributed by atoms with E-state index in [2.05, 4.69) is 4.98 Å². The molecule has 1 aromatic heterocycles. The Bertz CT molecular complexity index is 1440. The summed E-state index contributed by atoms with van der Waals surface area (Å²) >= 11 is 0. The molecule has 0 saturated carbocycles. The van der Waals surface area contributed by atoms with E-state index < -0.39 is 0 Å². The van der Waals surface area contributed by atoms with E-state index in [4.69, 9.17) is 35.5 Å². The first-order chi connectivity index (χ1) is 20.8. The highest BCUT2D eigenvalue weighted by Crippen LogP contribution is 2.30. The second-order valence-electron chi connectivity index (χ2n) is 9.49. The van der Waals surface area contributed by atoms with Gasteiger partial charge in [-0.2, -0.15) is 4.98 Å². The zero-order chi connectivity index (χ0) is 30.8. The summed E-state index contributed by atoms with van der Waals surface area (Å²) in [6, 6.07) is 16.7. The van der Waals surface area contributed by atoms with E-state index in [1.165, 1.54) is 0 Å². The van der Waals surface area contributed by atoms with Gasteiger partial charge in [-0.25, -0.2) is 0 Å². The minimum Gasteiger partial charge on any atom is -0.478 e. The molecule has 1 fully saturated rings. The van der Waals surface area contributed by atoms with Gasteiger partial charge in [0.1, 0.15) is 17.1 Å². The molecule has 0 aliphatic carbocycles. The number of hydrogen-bond donors (Lipinski definition) is 3. The van der Waals surface area contributed by atoms with Crippen LogP contribution in [0.5, 0.6) is 23.3 Å². The molecular weight excluding hydrogens is 552 g/mol. The number of nitrogens with zero attached hydrogens (tertiary/aromatic N) is 3. The summed E-state index contributed by atoms with van der Waals surface area (Å²) in [4.78, 5) is 33.7. The lowest BCUT2D eigenvalue weighted by molar-refractivity contribution is -0.132. The number of nitrogens with two attached hydrogens (primary N) is 1. The van der Waals surface area contributed by atoms with Crippen LogP contribution in [0.15, 0.2) is 60.7 Å². The van der Waals surface area contributed by atoms with Gasteiger partial charge in [0.25, 0.3) is 5.91 Å². The average molecular weight is 589 g/mol. The van der Waals surface area contributed by atoms with Gasteiger partial charge < -0.3 is 34.5 Å². The smallest absolute Gasteiger partial charge is 0.259 e. The van der Waals surface area contributed by atoms with E-state index in [9.17, 15) is 9.59 Å². The maximum atomic E-state index is 13.6. The van der Waals surface area contributed by atoms with Crippen LogP contribution in [0, 0.1) is 10.8 Å². The van der Waals surface area contributed by atoms with Gasteiger partial charge in [-0.1, -0.05) is 0 Å². The van der Waals surface area contributed by atoms with Crippen molar-refractivity contribution < 1.29 is 28.5 Å². The zero-order valence-electron chi connectivity index (χ0n) is 24.3. The van der Waals surface area contributed by atoms with Gasteiger partial charge in [0.15, 0.2) is 0 Å². The Morgan fingerprint density at radius 3 is 1.79 bits per heavy atom. The van der Waals surface area contributed by atoms with Crippen LogP contribution in [0.3, 0.4) is 0 Å². The molecule has 12 heteroatoms. The highest BCUT2D eigenvalue weighted by Gasteiger charge is 2.27. The van der Waals surface area contributed by atoms with Crippen LogP contribution in [0.1, 0.15) is 41.8 Å². The molecule has 2 amide bonds. The molecule has 1 aliphatic rings. The van der Waals surface area contributed by atoms with Crippen LogP contribution >= 0.6 is 0 Å². The zero-order valence-corrected chi connectivity index (χ0v) is 24.3. The fraction of sp³-hybridized carbons (Fsp3) is 0.323. The summed E-state index contributed by atoms with van der Waals surface area (Å²) in [5.41, 5.74) is 6.95. The Balaban J connectivity index is 1.56. The summed E-state index contributed by atoms with van der Waals surface area (Å²) in [7, 11) is 0. The number of amides is 2. The summed E-state index contributed by atoms with van der Waals surface area (Å²) in [6.07, 6.45) is 0.276. The predicted octanol–water partition coefficient (Wildman–Crippen LogP) is 4.02. The molecule has 1 saturated heterocycles. The standard InChI is InChI=1S/C31H36N6O6/c1-3-40-28(33)21-5-9-23(10-6-21)42-26-14-13-25(31(39)37-19-17-36(18-20-37)27(38)15-16-32)30(35-26)43-24-11-7-22(8-12-24)29(34)41-4-2/h5-14,33-34H,3-4,15-20,32H2,1-2H3. The number of ether oxygens (including phenoxy) is 4. The number of pyridine rings is 1. The summed E-state index contributed by atoms with van der Waals surface area (Å²) < 4.78 is 22.5. The average Bonchev–Trinajstić information content (AvgIpc) is 3.02. The minimum absolute atomic E-state index is 0.0228. The number of carbonyl (C=O) groups excluding carboxylic acids is 2. The molecule has 2 heterocycles. The Morgan fingerprint density at radius 2 is 1.28 bits per heavy atom. The van der Waals surface area contributed by atoms with Gasteiger partial charge >= 0.3 is 0 Å². The first-order valence-electron chi connectivity index (χ1n) is 14.1. The number of hydrogen-bond acceptors (Lipinski definition) is 10. The largest absolute Gasteiger partial charge is 0.478 e. The van der Waals surface area contributed by atoms with Crippen LogP contribution in [0.4, 0.5) is 0 Å². The lowest BCUT2D eigenvalue weighted by Crippen LogP contribution is -2.50. The topological polar surface area (TPSA) is 164 Å². The van der Waals surface area contributed by atoms with Crippen molar-refractivity contribution in [2.24, 2.45) is 5.73 Å². The van der Waals surface area contributed by atoms with Crippen molar-refractivity contribution in [3.63, 3.8) is 0 Å². The molecule has 3 aromatic rings. The summed E-state index contributed by atoms with van der Waals surface area (Å²) in [5, 5.41) is 15.9. The number of piperazine rings is 1. The second kappa shape index (κ2) is 14.8. The number of rotatable bonds is 11. The first-order valence-corrected chi connectivity index (χ1v) is 14.1. The lowest BCUT2D eigenvalue weighted by atomic mass is 10.2. The third-order valence-corrected chi connectivity index (χ3v) is 6.59. The molecule has 0 spiro atoms. The van der Waals surface area contributed by atoms with E-state index in [0.717, 1.165) is 0 Å². The lowest BCUT2D eigenvalue weighted by Gasteiger charge is -2.35. The predicted molar refractivity (Wildman–Crippen MR) is 160 cm³/mol. The molecule has 12 nitrogen and oxygen atoms in total. The van der Waals surface area contributed by atoms with Gasteiger partial charge in [0.2, 0.25) is 29.5 Å². The normalized spacial score (nSPS) is 12.8. The van der Waals surface area contributed by atoms with Crippen LogP contribution in [-0.4, -0.2) is 84.3 Å². The molecule has 0 bridgehead atoms. The molecule has 2 aromatic carbocycles. The van der Waals surface area contributed by atoms with Crippen molar-refractivity contribution in [3.05, 3.63) is 77.4 Å². The summed E-state index contributed by atoms with van der Waals surface area (Å²) in [6.45, 7) is 6.25. The molecule has 0 radical (unpaired) electrons. The van der Waals surface area contributed by atoms with Crippen LogP contribution in [0.25, 0.3) is 0 Å². The highest BCUT2D eigenvalue weighted by atomic mass is 16.5. The Morgan fingerprint density at radius 1 is 0.767 bits per heavy atom. The number of benzene rings is 2. The fourth-order valence-electron chi connectivity index (χ4n) is 4.37.